The molecule has 1 aliphatic heterocycles. The minimum Gasteiger partial charge on any atom is -0.326 e. The summed E-state index contributed by atoms with van der Waals surface area (Å²) >= 11 is 1.92. The van der Waals surface area contributed by atoms with Crippen LogP contribution >= 0.6 is 11.8 Å². The molecule has 1 aliphatic rings. The van der Waals surface area contributed by atoms with Gasteiger partial charge in [-0.1, -0.05) is 12.1 Å². The predicted octanol–water partition coefficient (Wildman–Crippen LogP) is 2.09. The molecule has 0 bridgehead atoms. The summed E-state index contributed by atoms with van der Waals surface area (Å²) in [6, 6.07) is 6.57. The predicted molar refractivity (Wildman–Crippen MR) is 90.9 cm³/mol. The van der Waals surface area contributed by atoms with Gasteiger partial charge in [0.2, 0.25) is 5.91 Å². The Balaban J connectivity index is 1.95. The van der Waals surface area contributed by atoms with Gasteiger partial charge in [0.05, 0.1) is 0 Å². The standard InChI is InChI=1S/C16H25N3OS/c1-12-4-5-13(10-19(2)3)8-15(12)18-16(20)9-14-11-21-7-6-17-14/h4-5,8,14,17H,6-7,9-11H2,1-3H3,(H,18,20). The number of thioether (sulfide) groups is 1. The van der Waals surface area contributed by atoms with Gasteiger partial charge in [0, 0.05) is 42.7 Å². The number of nitrogens with one attached hydrogen (secondary N) is 2. The van der Waals surface area contributed by atoms with E-state index in [0.717, 1.165) is 35.8 Å². The van der Waals surface area contributed by atoms with Gasteiger partial charge in [-0.15, -0.1) is 0 Å². The van der Waals surface area contributed by atoms with E-state index >= 15 is 0 Å². The minimum atomic E-state index is 0.0973. The lowest BCUT2D eigenvalue weighted by atomic mass is 10.1. The average molecular weight is 307 g/mol. The van der Waals surface area contributed by atoms with E-state index in [1.165, 1.54) is 5.56 Å². The number of anilines is 1. The Bertz CT molecular complexity index is 484. The number of hydrogen-bond donors (Lipinski definition) is 2. The topological polar surface area (TPSA) is 44.4 Å². The molecule has 0 radical (unpaired) electrons. The van der Waals surface area contributed by atoms with Crippen molar-refractivity contribution in [1.82, 2.24) is 10.2 Å². The second-order valence-electron chi connectivity index (χ2n) is 5.87. The molecule has 0 spiro atoms. The van der Waals surface area contributed by atoms with Crippen molar-refractivity contribution < 1.29 is 4.79 Å². The second kappa shape index (κ2) is 7.82. The summed E-state index contributed by atoms with van der Waals surface area (Å²) in [6.45, 7) is 3.91. The third-order valence-electron chi connectivity index (χ3n) is 3.51. The summed E-state index contributed by atoms with van der Waals surface area (Å²) in [5, 5.41) is 6.46. The lowest BCUT2D eigenvalue weighted by Gasteiger charge is -2.22. The van der Waals surface area contributed by atoms with E-state index < -0.39 is 0 Å². The molecule has 21 heavy (non-hydrogen) atoms. The zero-order valence-electron chi connectivity index (χ0n) is 13.1. The van der Waals surface area contributed by atoms with Gasteiger partial charge < -0.3 is 15.5 Å². The second-order valence-corrected chi connectivity index (χ2v) is 7.02. The average Bonchev–Trinajstić information content (AvgIpc) is 2.43. The molecule has 1 saturated heterocycles. The summed E-state index contributed by atoms with van der Waals surface area (Å²) in [4.78, 5) is 14.3. The van der Waals surface area contributed by atoms with Crippen molar-refractivity contribution in [3.63, 3.8) is 0 Å². The van der Waals surface area contributed by atoms with Crippen LogP contribution in [0.15, 0.2) is 18.2 Å². The lowest BCUT2D eigenvalue weighted by Crippen LogP contribution is -2.39. The van der Waals surface area contributed by atoms with Crippen LogP contribution in [0.3, 0.4) is 0 Å². The molecule has 1 aromatic carbocycles. The SMILES string of the molecule is Cc1ccc(CN(C)C)cc1NC(=O)CC1CSCCN1. The quantitative estimate of drug-likeness (QED) is 0.874. The fraction of sp³-hybridized carbons (Fsp3) is 0.562. The monoisotopic (exact) mass is 307 g/mol. The highest BCUT2D eigenvalue weighted by Crippen LogP contribution is 2.19. The van der Waals surface area contributed by atoms with Crippen molar-refractivity contribution in [2.75, 3.05) is 37.5 Å². The van der Waals surface area contributed by atoms with Crippen molar-refractivity contribution in [1.29, 1.82) is 0 Å². The maximum Gasteiger partial charge on any atom is 0.225 e. The maximum absolute atomic E-state index is 12.2. The molecule has 2 rings (SSSR count). The molecule has 0 saturated carbocycles. The number of benzene rings is 1. The first-order valence-electron chi connectivity index (χ1n) is 7.40. The normalized spacial score (nSPS) is 18.8. The van der Waals surface area contributed by atoms with Crippen molar-refractivity contribution in [2.45, 2.75) is 25.9 Å². The Morgan fingerprint density at radius 2 is 2.29 bits per heavy atom. The Hall–Kier alpha value is -1.04. The van der Waals surface area contributed by atoms with Crippen LogP contribution in [0, 0.1) is 6.92 Å². The third-order valence-corrected chi connectivity index (χ3v) is 4.64. The summed E-state index contributed by atoms with van der Waals surface area (Å²) in [5.41, 5.74) is 3.26. The number of amides is 1. The molecule has 0 aliphatic carbocycles. The number of rotatable bonds is 5. The summed E-state index contributed by atoms with van der Waals surface area (Å²) in [7, 11) is 4.09. The molecule has 5 heteroatoms. The van der Waals surface area contributed by atoms with Crippen LogP contribution in [0.25, 0.3) is 0 Å². The number of carbonyl (C=O) groups is 1. The molecule has 1 fully saturated rings. The van der Waals surface area contributed by atoms with Crippen LogP contribution in [0.4, 0.5) is 5.69 Å². The Kier molecular flexibility index (Phi) is 6.08. The molecular weight excluding hydrogens is 282 g/mol. The van der Waals surface area contributed by atoms with Crippen molar-refractivity contribution in [2.24, 2.45) is 0 Å². The van der Waals surface area contributed by atoms with Crippen LogP contribution < -0.4 is 10.6 Å². The van der Waals surface area contributed by atoms with E-state index in [2.05, 4.69) is 33.7 Å². The van der Waals surface area contributed by atoms with Gasteiger partial charge in [0.25, 0.3) is 0 Å². The number of aryl methyl sites for hydroxylation is 1. The van der Waals surface area contributed by atoms with Gasteiger partial charge in [-0.3, -0.25) is 4.79 Å². The Morgan fingerprint density at radius 1 is 1.48 bits per heavy atom. The minimum absolute atomic E-state index is 0.0973. The van der Waals surface area contributed by atoms with Gasteiger partial charge in [0.15, 0.2) is 0 Å². The smallest absolute Gasteiger partial charge is 0.225 e. The first kappa shape index (κ1) is 16.3. The lowest BCUT2D eigenvalue weighted by molar-refractivity contribution is -0.116. The van der Waals surface area contributed by atoms with E-state index in [0.29, 0.717) is 12.5 Å². The fourth-order valence-corrected chi connectivity index (χ4v) is 3.39. The summed E-state index contributed by atoms with van der Waals surface area (Å²) < 4.78 is 0. The molecule has 1 heterocycles. The molecule has 1 aromatic rings. The first-order chi connectivity index (χ1) is 10.0. The number of hydrogen-bond acceptors (Lipinski definition) is 4. The molecule has 116 valence electrons. The highest BCUT2D eigenvalue weighted by atomic mass is 32.2. The van der Waals surface area contributed by atoms with Crippen LogP contribution in [-0.2, 0) is 11.3 Å². The highest BCUT2D eigenvalue weighted by Gasteiger charge is 2.17. The first-order valence-corrected chi connectivity index (χ1v) is 8.55. The summed E-state index contributed by atoms with van der Waals surface area (Å²) in [6.07, 6.45) is 0.546. The van der Waals surface area contributed by atoms with Crippen LogP contribution in [0.1, 0.15) is 17.5 Å². The Labute approximate surface area is 131 Å². The fourth-order valence-electron chi connectivity index (χ4n) is 2.44. The summed E-state index contributed by atoms with van der Waals surface area (Å²) in [5.74, 6) is 2.26. The molecule has 0 aromatic heterocycles. The van der Waals surface area contributed by atoms with Gasteiger partial charge in [0.1, 0.15) is 0 Å². The van der Waals surface area contributed by atoms with Gasteiger partial charge in [-0.2, -0.15) is 11.8 Å². The van der Waals surface area contributed by atoms with Gasteiger partial charge in [-0.25, -0.2) is 0 Å². The van der Waals surface area contributed by atoms with E-state index in [9.17, 15) is 4.79 Å². The largest absolute Gasteiger partial charge is 0.326 e. The molecule has 2 N–H and O–H groups in total. The van der Waals surface area contributed by atoms with Crippen LogP contribution in [-0.4, -0.2) is 49.0 Å². The van der Waals surface area contributed by atoms with Crippen LogP contribution in [0.5, 0.6) is 0 Å². The molecule has 1 atom stereocenters. The van der Waals surface area contributed by atoms with Crippen molar-refractivity contribution >= 4 is 23.4 Å². The van der Waals surface area contributed by atoms with E-state index in [4.69, 9.17) is 0 Å². The number of nitrogens with zero attached hydrogens (tertiary/aromatic N) is 1. The number of carbonyl (C=O) groups excluding carboxylic acids is 1. The van der Waals surface area contributed by atoms with Gasteiger partial charge >= 0.3 is 0 Å². The molecular formula is C16H25N3OS. The zero-order chi connectivity index (χ0) is 15.2. The van der Waals surface area contributed by atoms with Crippen LogP contribution in [0.2, 0.25) is 0 Å². The third kappa shape index (κ3) is 5.34. The van der Waals surface area contributed by atoms with E-state index in [1.54, 1.807) is 0 Å². The van der Waals surface area contributed by atoms with Gasteiger partial charge in [-0.05, 0) is 38.2 Å². The van der Waals surface area contributed by atoms with E-state index in [-0.39, 0.29) is 5.91 Å². The van der Waals surface area contributed by atoms with Crippen molar-refractivity contribution in [3.8, 4) is 0 Å². The molecule has 4 nitrogen and oxygen atoms in total. The zero-order valence-corrected chi connectivity index (χ0v) is 13.9. The van der Waals surface area contributed by atoms with Crippen molar-refractivity contribution in [3.05, 3.63) is 29.3 Å². The molecule has 1 amide bonds. The maximum atomic E-state index is 12.2. The Morgan fingerprint density at radius 3 is 2.95 bits per heavy atom. The highest BCUT2D eigenvalue weighted by molar-refractivity contribution is 7.99. The van der Waals surface area contributed by atoms with E-state index in [1.807, 2.05) is 32.8 Å². The molecule has 1 unspecified atom stereocenters.